The number of halogens is 1. The molecule has 0 saturated heterocycles. The van der Waals surface area contributed by atoms with E-state index in [9.17, 15) is 4.39 Å². The predicted octanol–water partition coefficient (Wildman–Crippen LogP) is 2.31. The van der Waals surface area contributed by atoms with Crippen LogP contribution in [0, 0.1) is 10.6 Å². The molecule has 6 heteroatoms. The summed E-state index contributed by atoms with van der Waals surface area (Å²) >= 11 is 4.85. The van der Waals surface area contributed by atoms with Crippen LogP contribution in [0.5, 0.6) is 0 Å². The van der Waals surface area contributed by atoms with Gasteiger partial charge in [-0.15, -0.1) is 0 Å². The third-order valence-corrected chi connectivity index (χ3v) is 2.37. The number of hydrogen-bond acceptors (Lipinski definition) is 3. The Balaban J connectivity index is 2.57. The number of nitrogens with one attached hydrogen (secondary N) is 2. The molecule has 1 aromatic carbocycles. The number of hydrogen-bond donors (Lipinski definition) is 2. The summed E-state index contributed by atoms with van der Waals surface area (Å²) < 4.78 is 13.3. The Bertz CT molecular complexity index is 715. The summed E-state index contributed by atoms with van der Waals surface area (Å²) in [6, 6.07) is 4.45. The first-order valence-corrected chi connectivity index (χ1v) is 4.68. The van der Waals surface area contributed by atoms with Crippen LogP contribution in [-0.2, 0) is 0 Å². The maximum atomic E-state index is 13.0. The fourth-order valence-electron chi connectivity index (χ4n) is 1.57. The van der Waals surface area contributed by atoms with Gasteiger partial charge in [-0.1, -0.05) is 0 Å². The highest BCUT2D eigenvalue weighted by atomic mass is 32.1. The maximum absolute atomic E-state index is 13.0. The fourth-order valence-corrected chi connectivity index (χ4v) is 1.70. The van der Waals surface area contributed by atoms with E-state index in [-0.39, 0.29) is 5.82 Å². The van der Waals surface area contributed by atoms with Crippen LogP contribution in [-0.4, -0.2) is 20.2 Å². The minimum Gasteiger partial charge on any atom is -0.338 e. The van der Waals surface area contributed by atoms with Crippen molar-refractivity contribution in [2.24, 2.45) is 0 Å². The van der Waals surface area contributed by atoms with Gasteiger partial charge in [-0.3, -0.25) is 5.10 Å². The molecule has 0 aliphatic rings. The Morgan fingerprint density at radius 2 is 2.20 bits per heavy atom. The molecule has 0 aliphatic heterocycles. The molecular weight excluding hydrogens is 215 g/mol. The lowest BCUT2D eigenvalue weighted by atomic mass is 10.2. The highest BCUT2D eigenvalue weighted by Crippen LogP contribution is 2.21. The summed E-state index contributed by atoms with van der Waals surface area (Å²) in [6.45, 7) is 0. The molecule has 0 atom stereocenters. The van der Waals surface area contributed by atoms with Crippen molar-refractivity contribution in [3.63, 3.8) is 0 Å². The van der Waals surface area contributed by atoms with E-state index >= 15 is 0 Å². The summed E-state index contributed by atoms with van der Waals surface area (Å²) in [4.78, 5) is 7.02. The van der Waals surface area contributed by atoms with Gasteiger partial charge in [-0.2, -0.15) is 10.1 Å². The Morgan fingerprint density at radius 3 is 3.07 bits per heavy atom. The van der Waals surface area contributed by atoms with E-state index in [0.29, 0.717) is 21.5 Å². The lowest BCUT2D eigenvalue weighted by molar-refractivity contribution is 0.629. The van der Waals surface area contributed by atoms with Gasteiger partial charge < -0.3 is 4.98 Å². The maximum Gasteiger partial charge on any atom is 0.215 e. The second kappa shape index (κ2) is 2.83. The van der Waals surface area contributed by atoms with Gasteiger partial charge in [-0.05, 0) is 30.4 Å². The SMILES string of the molecule is Fc1ccc2c(c1)[nH]c1nc(=S)[nH]nc12. The summed E-state index contributed by atoms with van der Waals surface area (Å²) in [5.74, 6) is -0.295. The number of nitrogens with zero attached hydrogens (tertiary/aromatic N) is 2. The van der Waals surface area contributed by atoms with Gasteiger partial charge in [0.25, 0.3) is 0 Å². The zero-order chi connectivity index (χ0) is 10.4. The topological polar surface area (TPSA) is 57.4 Å². The first-order chi connectivity index (χ1) is 7.24. The molecule has 0 spiro atoms. The third-order valence-electron chi connectivity index (χ3n) is 2.19. The highest BCUT2D eigenvalue weighted by Gasteiger charge is 2.06. The smallest absolute Gasteiger partial charge is 0.215 e. The molecule has 0 amide bonds. The van der Waals surface area contributed by atoms with Crippen molar-refractivity contribution in [1.82, 2.24) is 20.2 Å². The zero-order valence-corrected chi connectivity index (χ0v) is 8.23. The van der Waals surface area contributed by atoms with Gasteiger partial charge in [0.2, 0.25) is 4.77 Å². The van der Waals surface area contributed by atoms with Crippen molar-refractivity contribution in [3.05, 3.63) is 28.8 Å². The molecule has 3 rings (SSSR count). The molecule has 0 fully saturated rings. The van der Waals surface area contributed by atoms with E-state index < -0.39 is 0 Å². The van der Waals surface area contributed by atoms with E-state index in [1.54, 1.807) is 6.07 Å². The van der Waals surface area contributed by atoms with Crippen LogP contribution in [0.1, 0.15) is 0 Å². The molecule has 0 radical (unpaired) electrons. The Morgan fingerprint density at radius 1 is 1.33 bits per heavy atom. The van der Waals surface area contributed by atoms with Crippen LogP contribution < -0.4 is 0 Å². The summed E-state index contributed by atoms with van der Waals surface area (Å²) in [7, 11) is 0. The number of H-pyrrole nitrogens is 2. The number of benzene rings is 1. The first-order valence-electron chi connectivity index (χ1n) is 4.28. The van der Waals surface area contributed by atoms with E-state index in [1.807, 2.05) is 0 Å². The second-order valence-corrected chi connectivity index (χ2v) is 3.54. The standard InChI is InChI=1S/C9H5FN4S/c10-4-1-2-5-6(3-4)11-8-7(5)13-14-9(15)12-8/h1-3H,(H2,11,12,14,15). The normalized spacial score (nSPS) is 11.3. The van der Waals surface area contributed by atoms with Gasteiger partial charge in [0.05, 0.1) is 5.52 Å². The van der Waals surface area contributed by atoms with Crippen LogP contribution in [0.25, 0.3) is 22.1 Å². The second-order valence-electron chi connectivity index (χ2n) is 3.15. The van der Waals surface area contributed by atoms with Gasteiger partial charge in [0.1, 0.15) is 11.3 Å². The number of aromatic amines is 2. The molecule has 0 saturated carbocycles. The van der Waals surface area contributed by atoms with Crippen molar-refractivity contribution in [3.8, 4) is 0 Å². The average molecular weight is 220 g/mol. The van der Waals surface area contributed by atoms with Crippen molar-refractivity contribution in [1.29, 1.82) is 0 Å². The monoisotopic (exact) mass is 220 g/mol. The molecule has 4 nitrogen and oxygen atoms in total. The van der Waals surface area contributed by atoms with Crippen LogP contribution in [0.15, 0.2) is 18.2 Å². The lowest BCUT2D eigenvalue weighted by Crippen LogP contribution is -1.86. The van der Waals surface area contributed by atoms with Crippen molar-refractivity contribution in [2.45, 2.75) is 0 Å². The predicted molar refractivity (Wildman–Crippen MR) is 56.5 cm³/mol. The molecule has 0 unspecified atom stereocenters. The molecular formula is C9H5FN4S. The summed E-state index contributed by atoms with van der Waals surface area (Å²) in [5.41, 5.74) is 1.90. The summed E-state index contributed by atoms with van der Waals surface area (Å²) in [5, 5.41) is 7.48. The molecule has 0 bridgehead atoms. The molecule has 2 aromatic heterocycles. The number of aromatic nitrogens is 4. The van der Waals surface area contributed by atoms with Gasteiger partial charge in [0.15, 0.2) is 5.65 Å². The zero-order valence-electron chi connectivity index (χ0n) is 7.41. The highest BCUT2D eigenvalue weighted by molar-refractivity contribution is 7.71. The Hall–Kier alpha value is -1.82. The van der Waals surface area contributed by atoms with E-state index in [1.165, 1.54) is 12.1 Å². The van der Waals surface area contributed by atoms with Gasteiger partial charge in [0, 0.05) is 5.39 Å². The molecule has 3 aromatic rings. The average Bonchev–Trinajstić information content (AvgIpc) is 2.53. The van der Waals surface area contributed by atoms with Crippen LogP contribution in [0.4, 0.5) is 4.39 Å². The quantitative estimate of drug-likeness (QED) is 0.571. The summed E-state index contributed by atoms with van der Waals surface area (Å²) in [6.07, 6.45) is 0. The van der Waals surface area contributed by atoms with Crippen molar-refractivity contribution < 1.29 is 4.39 Å². The van der Waals surface area contributed by atoms with Crippen LogP contribution in [0.2, 0.25) is 0 Å². The van der Waals surface area contributed by atoms with E-state index in [4.69, 9.17) is 12.2 Å². The van der Waals surface area contributed by atoms with Crippen molar-refractivity contribution in [2.75, 3.05) is 0 Å². The molecule has 2 heterocycles. The van der Waals surface area contributed by atoms with E-state index in [0.717, 1.165) is 5.39 Å². The lowest BCUT2D eigenvalue weighted by Gasteiger charge is -1.89. The minimum absolute atomic E-state index is 0.295. The van der Waals surface area contributed by atoms with Crippen molar-refractivity contribution >= 4 is 34.3 Å². The molecule has 0 aliphatic carbocycles. The molecule has 15 heavy (non-hydrogen) atoms. The largest absolute Gasteiger partial charge is 0.338 e. The fraction of sp³-hybridized carbons (Fsp3) is 0. The number of fused-ring (bicyclic) bond motifs is 3. The first kappa shape index (κ1) is 8.49. The van der Waals surface area contributed by atoms with Crippen LogP contribution >= 0.6 is 12.2 Å². The third kappa shape index (κ3) is 1.22. The number of rotatable bonds is 0. The molecule has 74 valence electrons. The minimum atomic E-state index is -0.295. The van der Waals surface area contributed by atoms with Gasteiger partial charge in [-0.25, -0.2) is 4.39 Å². The van der Waals surface area contributed by atoms with Gasteiger partial charge >= 0.3 is 0 Å². The van der Waals surface area contributed by atoms with Crippen LogP contribution in [0.3, 0.4) is 0 Å². The Labute approximate surface area is 88.2 Å². The molecule has 2 N–H and O–H groups in total. The Kier molecular flexibility index (Phi) is 1.60. The van der Waals surface area contributed by atoms with E-state index in [2.05, 4.69) is 20.2 Å².